The fraction of sp³-hybridized carbons (Fsp3) is 0.238. The molecule has 0 aliphatic carbocycles. The van der Waals surface area contributed by atoms with Crippen LogP contribution in [0.5, 0.6) is 0 Å². The van der Waals surface area contributed by atoms with Crippen molar-refractivity contribution in [3.8, 4) is 0 Å². The molecule has 1 amide bonds. The van der Waals surface area contributed by atoms with Crippen LogP contribution in [0.25, 0.3) is 0 Å². The van der Waals surface area contributed by atoms with Crippen molar-refractivity contribution in [3.05, 3.63) is 76.3 Å². The number of thioether (sulfide) groups is 1. The van der Waals surface area contributed by atoms with Crippen molar-refractivity contribution in [3.63, 3.8) is 0 Å². The number of thiazole rings is 1. The van der Waals surface area contributed by atoms with Crippen LogP contribution in [-0.4, -0.2) is 16.9 Å². The van der Waals surface area contributed by atoms with Crippen molar-refractivity contribution in [2.45, 2.75) is 36.4 Å². The van der Waals surface area contributed by atoms with Crippen LogP contribution in [0, 0.1) is 6.92 Å². The van der Waals surface area contributed by atoms with Crippen LogP contribution in [0.3, 0.4) is 0 Å². The molecular formula is C21H20N2OS2. The maximum absolute atomic E-state index is 13.0. The lowest BCUT2D eigenvalue weighted by molar-refractivity contribution is 0.0981. The first-order valence-electron chi connectivity index (χ1n) is 8.67. The molecule has 26 heavy (non-hydrogen) atoms. The summed E-state index contributed by atoms with van der Waals surface area (Å²) in [6.45, 7) is 4.12. The number of hydrogen-bond acceptors (Lipinski definition) is 4. The first-order valence-corrected chi connectivity index (χ1v) is 10.5. The van der Waals surface area contributed by atoms with Gasteiger partial charge in [0, 0.05) is 34.1 Å². The summed E-state index contributed by atoms with van der Waals surface area (Å²) in [6, 6.07) is 16.4. The highest BCUT2D eigenvalue weighted by molar-refractivity contribution is 8.00. The third-order valence-corrected chi connectivity index (χ3v) is 6.80. The molecule has 1 atom stereocenters. The van der Waals surface area contributed by atoms with E-state index in [0.717, 1.165) is 33.5 Å². The second-order valence-corrected chi connectivity index (χ2v) is 8.68. The summed E-state index contributed by atoms with van der Waals surface area (Å²) in [6.07, 6.45) is 0.921. The molecule has 2 heterocycles. The Balaban J connectivity index is 1.47. The number of benzene rings is 2. The zero-order valence-corrected chi connectivity index (χ0v) is 16.4. The fourth-order valence-electron chi connectivity index (χ4n) is 3.30. The molecule has 1 unspecified atom stereocenters. The van der Waals surface area contributed by atoms with Crippen molar-refractivity contribution in [1.82, 2.24) is 4.98 Å². The van der Waals surface area contributed by atoms with Gasteiger partial charge < -0.3 is 4.90 Å². The van der Waals surface area contributed by atoms with E-state index in [0.29, 0.717) is 0 Å². The Labute approximate surface area is 162 Å². The summed E-state index contributed by atoms with van der Waals surface area (Å²) in [7, 11) is 0. The number of aryl methyl sites for hydroxylation is 1. The molecule has 1 aromatic heterocycles. The van der Waals surface area contributed by atoms with Gasteiger partial charge >= 0.3 is 0 Å². The standard InChI is InChI=1S/C21H20N2OS2/c1-14-12-25-21(22-14)26-13-16-7-9-17(10-8-16)20(24)23-15(2)11-18-5-3-4-6-19(18)23/h3-10,12,15H,11,13H2,1-2H3. The molecule has 0 spiro atoms. The van der Waals surface area contributed by atoms with Gasteiger partial charge in [0.2, 0.25) is 0 Å². The van der Waals surface area contributed by atoms with E-state index in [2.05, 4.69) is 23.4 Å². The molecule has 1 aliphatic rings. The zero-order chi connectivity index (χ0) is 18.1. The number of aromatic nitrogens is 1. The van der Waals surface area contributed by atoms with Gasteiger partial charge in [0.05, 0.1) is 0 Å². The van der Waals surface area contributed by atoms with E-state index in [1.54, 1.807) is 23.1 Å². The van der Waals surface area contributed by atoms with Gasteiger partial charge in [0.1, 0.15) is 4.34 Å². The van der Waals surface area contributed by atoms with Gasteiger partial charge in [-0.15, -0.1) is 11.3 Å². The van der Waals surface area contributed by atoms with Crippen molar-refractivity contribution < 1.29 is 4.79 Å². The SMILES string of the molecule is Cc1csc(SCc2ccc(C(=O)N3c4ccccc4CC3C)cc2)n1. The van der Waals surface area contributed by atoms with Crippen molar-refractivity contribution in [1.29, 1.82) is 0 Å². The quantitative estimate of drug-likeness (QED) is 0.573. The number of para-hydroxylation sites is 1. The number of anilines is 1. The third-order valence-electron chi connectivity index (χ3n) is 4.59. The third kappa shape index (κ3) is 3.41. The normalized spacial score (nSPS) is 15.9. The van der Waals surface area contributed by atoms with Gasteiger partial charge in [0.25, 0.3) is 5.91 Å². The Morgan fingerprint density at radius 1 is 1.23 bits per heavy atom. The Morgan fingerprint density at radius 2 is 2.00 bits per heavy atom. The van der Waals surface area contributed by atoms with E-state index in [1.165, 1.54) is 11.1 Å². The zero-order valence-electron chi connectivity index (χ0n) is 14.8. The molecule has 0 N–H and O–H groups in total. The van der Waals surface area contributed by atoms with Crippen LogP contribution in [0.2, 0.25) is 0 Å². The summed E-state index contributed by atoms with van der Waals surface area (Å²) in [4.78, 5) is 19.4. The van der Waals surface area contributed by atoms with E-state index in [1.807, 2.05) is 54.3 Å². The van der Waals surface area contributed by atoms with Crippen LogP contribution in [0.15, 0.2) is 58.3 Å². The lowest BCUT2D eigenvalue weighted by Crippen LogP contribution is -2.35. The largest absolute Gasteiger partial charge is 0.305 e. The van der Waals surface area contributed by atoms with E-state index in [9.17, 15) is 4.79 Å². The van der Waals surface area contributed by atoms with Gasteiger partial charge in [0.15, 0.2) is 0 Å². The fourth-order valence-corrected chi connectivity index (χ4v) is 5.11. The average Bonchev–Trinajstić information content (AvgIpc) is 3.22. The second kappa shape index (κ2) is 7.25. The molecule has 132 valence electrons. The predicted octanol–water partition coefficient (Wildman–Crippen LogP) is 5.34. The molecule has 1 aliphatic heterocycles. The van der Waals surface area contributed by atoms with Crippen molar-refractivity contribution in [2.75, 3.05) is 4.90 Å². The second-order valence-electron chi connectivity index (χ2n) is 6.60. The van der Waals surface area contributed by atoms with Gasteiger partial charge in [-0.1, -0.05) is 42.1 Å². The van der Waals surface area contributed by atoms with Crippen LogP contribution in [0.1, 0.15) is 34.1 Å². The summed E-state index contributed by atoms with van der Waals surface area (Å²) in [5.74, 6) is 0.946. The summed E-state index contributed by atoms with van der Waals surface area (Å²) in [5, 5.41) is 2.07. The number of fused-ring (bicyclic) bond motifs is 1. The molecule has 0 bridgehead atoms. The van der Waals surface area contributed by atoms with Crippen LogP contribution < -0.4 is 4.90 Å². The van der Waals surface area contributed by atoms with E-state index < -0.39 is 0 Å². The Hall–Kier alpha value is -2.11. The number of rotatable bonds is 4. The van der Waals surface area contributed by atoms with E-state index in [4.69, 9.17) is 0 Å². The lowest BCUT2D eigenvalue weighted by atomic mass is 10.1. The smallest absolute Gasteiger partial charge is 0.258 e. The minimum atomic E-state index is 0.0807. The summed E-state index contributed by atoms with van der Waals surface area (Å²) in [5.41, 5.74) is 5.31. The maximum atomic E-state index is 13.0. The summed E-state index contributed by atoms with van der Waals surface area (Å²) >= 11 is 3.42. The van der Waals surface area contributed by atoms with Crippen molar-refractivity contribution in [2.24, 2.45) is 0 Å². The number of carbonyl (C=O) groups excluding carboxylic acids is 1. The molecular weight excluding hydrogens is 360 g/mol. The molecule has 5 heteroatoms. The molecule has 0 saturated heterocycles. The predicted molar refractivity (Wildman–Crippen MR) is 109 cm³/mol. The monoisotopic (exact) mass is 380 g/mol. The molecule has 4 rings (SSSR count). The van der Waals surface area contributed by atoms with E-state index >= 15 is 0 Å². The van der Waals surface area contributed by atoms with Crippen LogP contribution in [0.4, 0.5) is 5.69 Å². The van der Waals surface area contributed by atoms with Gasteiger partial charge in [-0.3, -0.25) is 4.79 Å². The van der Waals surface area contributed by atoms with E-state index in [-0.39, 0.29) is 11.9 Å². The van der Waals surface area contributed by atoms with Crippen LogP contribution >= 0.6 is 23.1 Å². The van der Waals surface area contributed by atoms with Gasteiger partial charge in [-0.2, -0.15) is 0 Å². The highest BCUT2D eigenvalue weighted by Crippen LogP contribution is 2.33. The number of hydrogen-bond donors (Lipinski definition) is 0. The lowest BCUT2D eigenvalue weighted by Gasteiger charge is -2.23. The van der Waals surface area contributed by atoms with Crippen LogP contribution in [-0.2, 0) is 12.2 Å². The maximum Gasteiger partial charge on any atom is 0.258 e. The number of carbonyl (C=O) groups is 1. The Morgan fingerprint density at radius 3 is 2.73 bits per heavy atom. The molecule has 0 radical (unpaired) electrons. The Kier molecular flexibility index (Phi) is 4.83. The molecule has 3 aromatic rings. The summed E-state index contributed by atoms with van der Waals surface area (Å²) < 4.78 is 1.09. The van der Waals surface area contributed by atoms with Crippen molar-refractivity contribution >= 4 is 34.7 Å². The highest BCUT2D eigenvalue weighted by atomic mass is 32.2. The number of nitrogens with zero attached hydrogens (tertiary/aromatic N) is 2. The molecule has 3 nitrogen and oxygen atoms in total. The average molecular weight is 381 g/mol. The minimum Gasteiger partial charge on any atom is -0.305 e. The Bertz CT molecular complexity index is 933. The first-order chi connectivity index (χ1) is 12.6. The molecule has 0 saturated carbocycles. The van der Waals surface area contributed by atoms with Gasteiger partial charge in [-0.25, -0.2) is 4.98 Å². The molecule has 0 fully saturated rings. The molecule has 2 aromatic carbocycles. The highest BCUT2D eigenvalue weighted by Gasteiger charge is 2.31. The first kappa shape index (κ1) is 17.3. The van der Waals surface area contributed by atoms with Gasteiger partial charge in [-0.05, 0) is 49.6 Å². The minimum absolute atomic E-state index is 0.0807. The topological polar surface area (TPSA) is 33.2 Å². The number of amides is 1.